The lowest BCUT2D eigenvalue weighted by Crippen LogP contribution is -2.65. The fourth-order valence-corrected chi connectivity index (χ4v) is 8.22. The minimum absolute atomic E-state index is 0.00792. The topological polar surface area (TPSA) is 125 Å². The van der Waals surface area contributed by atoms with Crippen molar-refractivity contribution in [2.45, 2.75) is 62.4 Å². The van der Waals surface area contributed by atoms with Crippen LogP contribution in [0.4, 0.5) is 0 Å². The van der Waals surface area contributed by atoms with Gasteiger partial charge < -0.3 is 15.7 Å². The molecule has 4 aliphatic rings. The van der Waals surface area contributed by atoms with E-state index >= 15 is 0 Å². The maximum absolute atomic E-state index is 13.2. The first-order valence-corrected chi connectivity index (χ1v) is 13.3. The predicted octanol–water partition coefficient (Wildman–Crippen LogP) is 1.82. The van der Waals surface area contributed by atoms with E-state index < -0.39 is 26.9 Å². The molecule has 4 N–H and O–H groups in total. The maximum atomic E-state index is 13.2. The normalized spacial score (nSPS) is 30.8. The molecule has 0 radical (unpaired) electrons. The molecule has 4 fully saturated rings. The summed E-state index contributed by atoms with van der Waals surface area (Å²) in [4.78, 5) is 26.0. The Morgan fingerprint density at radius 3 is 2.39 bits per heavy atom. The van der Waals surface area contributed by atoms with Crippen molar-refractivity contribution < 1.29 is 23.1 Å². The van der Waals surface area contributed by atoms with Crippen molar-refractivity contribution in [2.24, 2.45) is 23.2 Å². The third-order valence-corrected chi connectivity index (χ3v) is 9.69. The van der Waals surface area contributed by atoms with Gasteiger partial charge in [-0.3, -0.25) is 9.59 Å². The lowest BCUT2D eigenvalue weighted by Gasteiger charge is -2.59. The van der Waals surface area contributed by atoms with Gasteiger partial charge in [-0.05, 0) is 75.8 Å². The molecule has 0 spiro atoms. The number of benzene rings is 1. The number of amides is 2. The van der Waals surface area contributed by atoms with Crippen molar-refractivity contribution in [3.8, 4) is 0 Å². The third-order valence-electron chi connectivity index (χ3n) is 7.53. The average Bonchev–Trinajstić information content (AvgIpc) is 2.73. The number of sulfonamides is 1. The van der Waals surface area contributed by atoms with Crippen LogP contribution < -0.4 is 15.4 Å². The van der Waals surface area contributed by atoms with Crippen LogP contribution in [0.25, 0.3) is 0 Å². The number of nitrogens with one attached hydrogen (secondary N) is 3. The van der Waals surface area contributed by atoms with Crippen LogP contribution in [0, 0.1) is 23.2 Å². The first kappa shape index (κ1) is 24.4. The summed E-state index contributed by atoms with van der Waals surface area (Å²) in [5.74, 6) is 0.428. The number of aliphatic hydroxyl groups is 1. The van der Waals surface area contributed by atoms with Gasteiger partial charge in [0.05, 0.1) is 17.0 Å². The summed E-state index contributed by atoms with van der Waals surface area (Å²) >= 11 is 6.06. The molecule has 33 heavy (non-hydrogen) atoms. The van der Waals surface area contributed by atoms with Gasteiger partial charge in [0.2, 0.25) is 21.8 Å². The minimum atomic E-state index is -4.00. The Kier molecular flexibility index (Phi) is 6.54. The summed E-state index contributed by atoms with van der Waals surface area (Å²) in [6, 6.07) is 6.02. The van der Waals surface area contributed by atoms with Gasteiger partial charge in [-0.1, -0.05) is 23.7 Å². The molecule has 4 bridgehead atoms. The monoisotopic (exact) mass is 497 g/mol. The van der Waals surface area contributed by atoms with Gasteiger partial charge in [0.1, 0.15) is 10.4 Å². The first-order chi connectivity index (χ1) is 15.5. The van der Waals surface area contributed by atoms with Gasteiger partial charge in [-0.25, -0.2) is 8.42 Å². The Balaban J connectivity index is 1.46. The molecular formula is C23H32ClN3O5S. The highest BCUT2D eigenvalue weighted by atomic mass is 35.5. The Bertz CT molecular complexity index is 1030. The fourth-order valence-electron chi connectivity index (χ4n) is 6.33. The second-order valence-corrected chi connectivity index (χ2v) is 12.4. The Labute approximate surface area is 199 Å². The van der Waals surface area contributed by atoms with Gasteiger partial charge in [0.15, 0.2) is 0 Å². The van der Waals surface area contributed by atoms with Crippen molar-refractivity contribution >= 4 is 33.4 Å². The number of carbonyl (C=O) groups excluding carboxylic acids is 2. The maximum Gasteiger partial charge on any atom is 0.243 e. The average molecular weight is 498 g/mol. The Hall–Kier alpha value is -1.68. The number of aliphatic hydroxyl groups excluding tert-OH is 1. The van der Waals surface area contributed by atoms with E-state index in [1.54, 1.807) is 12.1 Å². The predicted molar refractivity (Wildman–Crippen MR) is 124 cm³/mol. The van der Waals surface area contributed by atoms with Gasteiger partial charge in [0.25, 0.3) is 0 Å². The van der Waals surface area contributed by atoms with Crippen LogP contribution in [0.5, 0.6) is 0 Å². The summed E-state index contributed by atoms with van der Waals surface area (Å²) in [5.41, 5.74) is -1.81. The fraction of sp³-hybridized carbons (Fsp3) is 0.652. The zero-order valence-electron chi connectivity index (χ0n) is 18.9. The van der Waals surface area contributed by atoms with E-state index in [1.165, 1.54) is 26.0 Å². The quantitative estimate of drug-likeness (QED) is 0.436. The molecule has 0 heterocycles. The molecule has 5 rings (SSSR count). The molecule has 0 aromatic heterocycles. The Morgan fingerprint density at radius 2 is 1.79 bits per heavy atom. The van der Waals surface area contributed by atoms with E-state index in [9.17, 15) is 18.0 Å². The lowest BCUT2D eigenvalue weighted by atomic mass is 9.47. The van der Waals surface area contributed by atoms with E-state index in [-0.39, 0.29) is 46.9 Å². The summed E-state index contributed by atoms with van der Waals surface area (Å²) in [5, 5.41) is 15.1. The summed E-state index contributed by atoms with van der Waals surface area (Å²) in [7, 11) is -4.00. The second kappa shape index (κ2) is 8.83. The number of rotatable bonds is 8. The molecular weight excluding hydrogens is 466 g/mol. The molecule has 2 atom stereocenters. The van der Waals surface area contributed by atoms with Crippen LogP contribution in [-0.4, -0.2) is 50.1 Å². The number of hydrogen-bond acceptors (Lipinski definition) is 5. The molecule has 4 aliphatic carbocycles. The van der Waals surface area contributed by atoms with Gasteiger partial charge in [0, 0.05) is 12.6 Å². The highest BCUT2D eigenvalue weighted by Crippen LogP contribution is 2.60. The lowest BCUT2D eigenvalue weighted by molar-refractivity contribution is -0.151. The number of halogens is 1. The van der Waals surface area contributed by atoms with Crippen LogP contribution in [-0.2, 0) is 19.6 Å². The van der Waals surface area contributed by atoms with Crippen LogP contribution in [0.2, 0.25) is 5.02 Å². The molecule has 2 unspecified atom stereocenters. The van der Waals surface area contributed by atoms with Gasteiger partial charge in [-0.2, -0.15) is 4.72 Å². The molecule has 1 aromatic carbocycles. The van der Waals surface area contributed by atoms with E-state index in [1.807, 2.05) is 0 Å². The molecule has 10 heteroatoms. The van der Waals surface area contributed by atoms with Crippen LogP contribution >= 0.6 is 11.6 Å². The molecule has 0 aliphatic heterocycles. The number of hydrogen-bond donors (Lipinski definition) is 4. The molecule has 1 aromatic rings. The van der Waals surface area contributed by atoms with Crippen LogP contribution in [0.15, 0.2) is 29.2 Å². The largest absolute Gasteiger partial charge is 0.395 e. The van der Waals surface area contributed by atoms with E-state index in [4.69, 9.17) is 16.7 Å². The Morgan fingerprint density at radius 1 is 1.15 bits per heavy atom. The van der Waals surface area contributed by atoms with E-state index in [0.717, 1.165) is 19.3 Å². The number of carbonyl (C=O) groups is 2. The van der Waals surface area contributed by atoms with Crippen LogP contribution in [0.3, 0.4) is 0 Å². The SMILES string of the molecule is CC(C)(NS(=O)(=O)c1ccccc1Cl)C(=O)NC1C2CC3CC1CC(C(=O)NCCO)(C3)C2. The van der Waals surface area contributed by atoms with E-state index in [0.29, 0.717) is 18.8 Å². The third kappa shape index (κ3) is 4.65. The molecule has 182 valence electrons. The van der Waals surface area contributed by atoms with Crippen molar-refractivity contribution in [3.63, 3.8) is 0 Å². The highest BCUT2D eigenvalue weighted by molar-refractivity contribution is 7.89. The molecule has 0 saturated heterocycles. The smallest absolute Gasteiger partial charge is 0.243 e. The molecule has 2 amide bonds. The first-order valence-electron chi connectivity index (χ1n) is 11.5. The highest BCUT2D eigenvalue weighted by Gasteiger charge is 2.59. The molecule has 4 saturated carbocycles. The van der Waals surface area contributed by atoms with E-state index in [2.05, 4.69) is 15.4 Å². The summed E-state index contributed by atoms with van der Waals surface area (Å²) in [6.07, 6.45) is 4.19. The van der Waals surface area contributed by atoms with Crippen molar-refractivity contribution in [1.82, 2.24) is 15.4 Å². The van der Waals surface area contributed by atoms with Crippen molar-refractivity contribution in [2.75, 3.05) is 13.2 Å². The molecule has 8 nitrogen and oxygen atoms in total. The standard InChI is InChI=1S/C23H32ClN3O5S/c1-22(2,27-33(31,32)18-6-4-3-5-17(18)24)20(29)26-19-15-9-14-10-16(19)13-23(11-14,12-15)21(30)25-7-8-28/h3-6,14-16,19,27-28H,7-13H2,1-2H3,(H,25,30)(H,26,29). The van der Waals surface area contributed by atoms with Crippen molar-refractivity contribution in [3.05, 3.63) is 29.3 Å². The summed E-state index contributed by atoms with van der Waals surface area (Å²) in [6.45, 7) is 3.24. The second-order valence-electron chi connectivity index (χ2n) is 10.4. The van der Waals surface area contributed by atoms with Crippen molar-refractivity contribution in [1.29, 1.82) is 0 Å². The van der Waals surface area contributed by atoms with Gasteiger partial charge in [-0.15, -0.1) is 0 Å². The minimum Gasteiger partial charge on any atom is -0.395 e. The van der Waals surface area contributed by atoms with Gasteiger partial charge >= 0.3 is 0 Å². The zero-order chi connectivity index (χ0) is 24.0. The zero-order valence-corrected chi connectivity index (χ0v) is 20.5. The summed E-state index contributed by atoms with van der Waals surface area (Å²) < 4.78 is 28.3. The van der Waals surface area contributed by atoms with Crippen LogP contribution in [0.1, 0.15) is 46.0 Å².